The Morgan fingerprint density at radius 3 is 3.06 bits per heavy atom. The Hall–Kier alpha value is -2.10. The van der Waals surface area contributed by atoms with Crippen LogP contribution >= 0.6 is 0 Å². The number of nitrogens with one attached hydrogen (secondary N) is 1. The Kier molecular flexibility index (Phi) is 4.12. The summed E-state index contributed by atoms with van der Waals surface area (Å²) in [4.78, 5) is 15.7. The van der Waals surface area contributed by atoms with E-state index in [0.29, 0.717) is 12.3 Å². The minimum absolute atomic E-state index is 0.430. The summed E-state index contributed by atoms with van der Waals surface area (Å²) in [5.74, 6) is 0. The molecule has 1 aromatic heterocycles. The van der Waals surface area contributed by atoms with Crippen LogP contribution in [-0.2, 0) is 4.74 Å². The van der Waals surface area contributed by atoms with Crippen LogP contribution in [0.2, 0.25) is 0 Å². The Bertz CT molecular complexity index is 540. The van der Waals surface area contributed by atoms with Crippen molar-refractivity contribution in [3.8, 4) is 0 Å². The van der Waals surface area contributed by atoms with Gasteiger partial charge in [-0.3, -0.25) is 10.3 Å². The number of amides is 1. The third-order valence-electron chi connectivity index (χ3n) is 2.57. The molecule has 94 valence electrons. The van der Waals surface area contributed by atoms with Gasteiger partial charge in [0.15, 0.2) is 0 Å². The van der Waals surface area contributed by atoms with E-state index in [2.05, 4.69) is 17.2 Å². The number of unbranched alkanes of at least 4 members (excludes halogenated alkanes) is 1. The van der Waals surface area contributed by atoms with E-state index < -0.39 is 6.09 Å². The second-order valence-electron chi connectivity index (χ2n) is 4.03. The van der Waals surface area contributed by atoms with Crippen molar-refractivity contribution in [1.82, 2.24) is 4.98 Å². The molecule has 0 saturated carbocycles. The van der Waals surface area contributed by atoms with Crippen LogP contribution in [0.15, 0.2) is 36.5 Å². The van der Waals surface area contributed by atoms with Crippen LogP contribution in [-0.4, -0.2) is 17.7 Å². The van der Waals surface area contributed by atoms with E-state index in [1.807, 2.05) is 30.3 Å². The van der Waals surface area contributed by atoms with E-state index in [9.17, 15) is 4.79 Å². The summed E-state index contributed by atoms with van der Waals surface area (Å²) in [6.07, 6.45) is 3.08. The van der Waals surface area contributed by atoms with Crippen molar-refractivity contribution in [2.24, 2.45) is 0 Å². The van der Waals surface area contributed by atoms with Crippen LogP contribution in [0.3, 0.4) is 0 Å². The fourth-order valence-corrected chi connectivity index (χ4v) is 1.60. The van der Waals surface area contributed by atoms with Crippen LogP contribution in [0.1, 0.15) is 19.8 Å². The van der Waals surface area contributed by atoms with Gasteiger partial charge in [0.1, 0.15) is 0 Å². The zero-order valence-electron chi connectivity index (χ0n) is 10.3. The first-order valence-corrected chi connectivity index (χ1v) is 6.08. The van der Waals surface area contributed by atoms with E-state index in [-0.39, 0.29) is 0 Å². The standard InChI is InChI=1S/C14H16N2O2/c1-2-3-8-18-14(17)16-12-9-11-6-4-5-7-13(11)15-10-12/h4-7,9-10H,2-3,8H2,1H3,(H,16,17). The summed E-state index contributed by atoms with van der Waals surface area (Å²) in [5.41, 5.74) is 1.55. The summed E-state index contributed by atoms with van der Waals surface area (Å²) in [6, 6.07) is 9.63. The molecule has 2 rings (SSSR count). The van der Waals surface area contributed by atoms with Gasteiger partial charge >= 0.3 is 6.09 Å². The third kappa shape index (κ3) is 3.20. The monoisotopic (exact) mass is 244 g/mol. The molecule has 0 radical (unpaired) electrons. The van der Waals surface area contributed by atoms with Gasteiger partial charge in [0.05, 0.1) is 24.0 Å². The normalized spacial score (nSPS) is 10.3. The van der Waals surface area contributed by atoms with Crippen LogP contribution in [0, 0.1) is 0 Å². The molecular weight excluding hydrogens is 228 g/mol. The van der Waals surface area contributed by atoms with Crippen molar-refractivity contribution in [2.75, 3.05) is 11.9 Å². The lowest BCUT2D eigenvalue weighted by atomic mass is 10.2. The van der Waals surface area contributed by atoms with E-state index in [0.717, 1.165) is 23.7 Å². The van der Waals surface area contributed by atoms with Gasteiger partial charge < -0.3 is 4.74 Å². The first-order chi connectivity index (χ1) is 8.79. The van der Waals surface area contributed by atoms with Crippen LogP contribution in [0.5, 0.6) is 0 Å². The van der Waals surface area contributed by atoms with Crippen molar-refractivity contribution in [3.05, 3.63) is 36.5 Å². The predicted molar refractivity (Wildman–Crippen MR) is 71.6 cm³/mol. The number of aromatic nitrogens is 1. The van der Waals surface area contributed by atoms with Crippen LogP contribution < -0.4 is 5.32 Å². The third-order valence-corrected chi connectivity index (χ3v) is 2.57. The summed E-state index contributed by atoms with van der Waals surface area (Å²) < 4.78 is 5.02. The van der Waals surface area contributed by atoms with E-state index in [4.69, 9.17) is 4.74 Å². The number of carbonyl (C=O) groups is 1. The molecule has 0 saturated heterocycles. The maximum Gasteiger partial charge on any atom is 0.411 e. The highest BCUT2D eigenvalue weighted by Gasteiger charge is 2.03. The minimum atomic E-state index is -0.430. The maximum absolute atomic E-state index is 11.5. The maximum atomic E-state index is 11.5. The lowest BCUT2D eigenvalue weighted by Crippen LogP contribution is -2.14. The van der Waals surface area contributed by atoms with Crippen LogP contribution in [0.25, 0.3) is 10.9 Å². The number of hydrogen-bond donors (Lipinski definition) is 1. The Balaban J connectivity index is 2.01. The quantitative estimate of drug-likeness (QED) is 0.836. The Morgan fingerprint density at radius 2 is 2.22 bits per heavy atom. The molecule has 1 heterocycles. The minimum Gasteiger partial charge on any atom is -0.449 e. The van der Waals surface area contributed by atoms with Gasteiger partial charge in [-0.25, -0.2) is 4.79 Å². The van der Waals surface area contributed by atoms with Crippen molar-refractivity contribution in [2.45, 2.75) is 19.8 Å². The fraction of sp³-hybridized carbons (Fsp3) is 0.286. The predicted octanol–water partition coefficient (Wildman–Crippen LogP) is 3.58. The smallest absolute Gasteiger partial charge is 0.411 e. The van der Waals surface area contributed by atoms with Crippen LogP contribution in [0.4, 0.5) is 10.5 Å². The highest BCUT2D eigenvalue weighted by Crippen LogP contribution is 2.16. The molecule has 0 aliphatic rings. The molecule has 0 unspecified atom stereocenters. The number of anilines is 1. The molecule has 0 atom stereocenters. The average molecular weight is 244 g/mol. The van der Waals surface area contributed by atoms with E-state index in [1.54, 1.807) is 6.20 Å². The second-order valence-corrected chi connectivity index (χ2v) is 4.03. The zero-order valence-corrected chi connectivity index (χ0v) is 10.3. The molecule has 1 amide bonds. The van der Waals surface area contributed by atoms with Gasteiger partial charge in [0.2, 0.25) is 0 Å². The Labute approximate surface area is 106 Å². The Morgan fingerprint density at radius 1 is 1.39 bits per heavy atom. The number of pyridine rings is 1. The second kappa shape index (κ2) is 6.00. The molecular formula is C14H16N2O2. The highest BCUT2D eigenvalue weighted by molar-refractivity contribution is 5.88. The van der Waals surface area contributed by atoms with Gasteiger partial charge in [-0.1, -0.05) is 31.5 Å². The van der Waals surface area contributed by atoms with Gasteiger partial charge in [0.25, 0.3) is 0 Å². The lowest BCUT2D eigenvalue weighted by Gasteiger charge is -2.06. The van der Waals surface area contributed by atoms with E-state index >= 15 is 0 Å². The molecule has 2 aromatic rings. The summed E-state index contributed by atoms with van der Waals surface area (Å²) in [5, 5.41) is 3.66. The molecule has 0 spiro atoms. The highest BCUT2D eigenvalue weighted by atomic mass is 16.5. The summed E-state index contributed by atoms with van der Waals surface area (Å²) in [6.45, 7) is 2.50. The van der Waals surface area contributed by atoms with Gasteiger partial charge in [-0.05, 0) is 18.6 Å². The molecule has 0 bridgehead atoms. The molecule has 4 nitrogen and oxygen atoms in total. The number of benzene rings is 1. The van der Waals surface area contributed by atoms with Gasteiger partial charge in [-0.15, -0.1) is 0 Å². The number of nitrogens with zero attached hydrogens (tertiary/aromatic N) is 1. The van der Waals surface area contributed by atoms with Crippen molar-refractivity contribution in [3.63, 3.8) is 0 Å². The average Bonchev–Trinajstić information content (AvgIpc) is 2.39. The number of para-hydroxylation sites is 1. The van der Waals surface area contributed by atoms with Gasteiger partial charge in [0, 0.05) is 5.39 Å². The number of ether oxygens (including phenoxy) is 1. The van der Waals surface area contributed by atoms with Crippen molar-refractivity contribution < 1.29 is 9.53 Å². The number of fused-ring (bicyclic) bond motifs is 1. The largest absolute Gasteiger partial charge is 0.449 e. The molecule has 1 N–H and O–H groups in total. The molecule has 1 aromatic carbocycles. The lowest BCUT2D eigenvalue weighted by molar-refractivity contribution is 0.160. The van der Waals surface area contributed by atoms with Gasteiger partial charge in [-0.2, -0.15) is 0 Å². The summed E-state index contributed by atoms with van der Waals surface area (Å²) in [7, 11) is 0. The SMILES string of the molecule is CCCCOC(=O)Nc1cnc2ccccc2c1. The molecule has 18 heavy (non-hydrogen) atoms. The molecule has 0 aliphatic carbocycles. The first-order valence-electron chi connectivity index (χ1n) is 6.08. The van der Waals surface area contributed by atoms with Crippen molar-refractivity contribution >= 4 is 22.7 Å². The number of hydrogen-bond acceptors (Lipinski definition) is 3. The zero-order chi connectivity index (χ0) is 12.8. The van der Waals surface area contributed by atoms with Crippen molar-refractivity contribution in [1.29, 1.82) is 0 Å². The molecule has 4 heteroatoms. The number of rotatable bonds is 4. The molecule has 0 fully saturated rings. The molecule has 0 aliphatic heterocycles. The van der Waals surface area contributed by atoms with E-state index in [1.165, 1.54) is 0 Å². The fourth-order valence-electron chi connectivity index (χ4n) is 1.60. The number of carbonyl (C=O) groups excluding carboxylic acids is 1. The topological polar surface area (TPSA) is 51.2 Å². The first kappa shape index (κ1) is 12.4. The summed E-state index contributed by atoms with van der Waals surface area (Å²) >= 11 is 0.